The van der Waals surface area contributed by atoms with Crippen LogP contribution in [0.5, 0.6) is 0 Å². The molecular formula is C12H21NO3. The first-order valence-corrected chi connectivity index (χ1v) is 5.64. The first kappa shape index (κ1) is 13.2. The third kappa shape index (κ3) is 3.96. The molecule has 2 N–H and O–H groups in total. The summed E-state index contributed by atoms with van der Waals surface area (Å²) < 4.78 is 10.6. The largest absolute Gasteiger partial charge is 0.466 e. The molecule has 1 atom stereocenters. The van der Waals surface area contributed by atoms with Crippen LogP contribution in [0.25, 0.3) is 0 Å². The van der Waals surface area contributed by atoms with E-state index in [-0.39, 0.29) is 12.6 Å². The number of hydrogen-bond acceptors (Lipinski definition) is 4. The maximum atomic E-state index is 8.53. The molecule has 0 aliphatic carbocycles. The van der Waals surface area contributed by atoms with Gasteiger partial charge in [-0.2, -0.15) is 0 Å². The van der Waals surface area contributed by atoms with E-state index in [2.05, 4.69) is 18.3 Å². The molecule has 1 heterocycles. The van der Waals surface area contributed by atoms with Crippen molar-refractivity contribution in [2.75, 3.05) is 26.4 Å². The van der Waals surface area contributed by atoms with Gasteiger partial charge in [0.15, 0.2) is 0 Å². The minimum absolute atomic E-state index is 0.0790. The fourth-order valence-electron chi connectivity index (χ4n) is 1.70. The summed E-state index contributed by atoms with van der Waals surface area (Å²) >= 11 is 0. The molecule has 0 saturated heterocycles. The van der Waals surface area contributed by atoms with E-state index in [0.717, 1.165) is 18.1 Å². The summed E-state index contributed by atoms with van der Waals surface area (Å²) in [5.41, 5.74) is 1.19. The lowest BCUT2D eigenvalue weighted by Gasteiger charge is -2.12. The van der Waals surface area contributed by atoms with Crippen LogP contribution in [-0.4, -0.2) is 31.5 Å². The Labute approximate surface area is 96.6 Å². The molecule has 0 fully saturated rings. The average Bonchev–Trinajstić information content (AvgIpc) is 2.57. The molecular weight excluding hydrogens is 206 g/mol. The van der Waals surface area contributed by atoms with Gasteiger partial charge >= 0.3 is 0 Å². The Kier molecular flexibility index (Phi) is 5.52. The van der Waals surface area contributed by atoms with E-state index in [1.54, 1.807) is 0 Å². The number of hydrogen-bond donors (Lipinski definition) is 2. The maximum Gasteiger partial charge on any atom is 0.105 e. The number of nitrogens with one attached hydrogen (secondary N) is 1. The molecule has 4 heteroatoms. The molecule has 0 spiro atoms. The van der Waals surface area contributed by atoms with Gasteiger partial charge in [-0.3, -0.25) is 0 Å². The van der Waals surface area contributed by atoms with Crippen molar-refractivity contribution >= 4 is 0 Å². The van der Waals surface area contributed by atoms with Gasteiger partial charge in [-0.1, -0.05) is 0 Å². The second-order valence-electron chi connectivity index (χ2n) is 3.88. The highest BCUT2D eigenvalue weighted by atomic mass is 16.5. The Hall–Kier alpha value is -0.840. The van der Waals surface area contributed by atoms with Gasteiger partial charge in [0.25, 0.3) is 0 Å². The molecule has 0 bridgehead atoms. The number of aryl methyl sites for hydroxylation is 2. The van der Waals surface area contributed by atoms with Gasteiger partial charge < -0.3 is 19.6 Å². The van der Waals surface area contributed by atoms with Gasteiger partial charge in [0.2, 0.25) is 0 Å². The molecule has 4 nitrogen and oxygen atoms in total. The maximum absolute atomic E-state index is 8.53. The Bertz CT molecular complexity index is 309. The van der Waals surface area contributed by atoms with Crippen molar-refractivity contribution in [3.63, 3.8) is 0 Å². The van der Waals surface area contributed by atoms with Crippen LogP contribution in [0, 0.1) is 13.8 Å². The van der Waals surface area contributed by atoms with Crippen molar-refractivity contribution in [2.45, 2.75) is 26.8 Å². The van der Waals surface area contributed by atoms with E-state index in [0.29, 0.717) is 13.2 Å². The third-order valence-electron chi connectivity index (χ3n) is 2.48. The number of aliphatic hydroxyl groups is 1. The first-order valence-electron chi connectivity index (χ1n) is 5.64. The van der Waals surface area contributed by atoms with Crippen LogP contribution >= 0.6 is 0 Å². The summed E-state index contributed by atoms with van der Waals surface area (Å²) in [6.45, 7) is 7.89. The number of aliphatic hydroxyl groups excluding tert-OH is 1. The molecule has 0 aliphatic heterocycles. The highest BCUT2D eigenvalue weighted by molar-refractivity contribution is 5.23. The van der Waals surface area contributed by atoms with E-state index in [4.69, 9.17) is 14.3 Å². The van der Waals surface area contributed by atoms with Gasteiger partial charge in [0.1, 0.15) is 11.5 Å². The predicted molar refractivity (Wildman–Crippen MR) is 62.5 cm³/mol. The Balaban J connectivity index is 2.29. The lowest BCUT2D eigenvalue weighted by molar-refractivity contribution is 0.0928. The minimum Gasteiger partial charge on any atom is -0.466 e. The molecule has 0 aliphatic rings. The molecule has 92 valence electrons. The number of ether oxygens (including phenoxy) is 1. The van der Waals surface area contributed by atoms with Crippen molar-refractivity contribution in [1.29, 1.82) is 0 Å². The van der Waals surface area contributed by atoms with Crippen LogP contribution in [0.3, 0.4) is 0 Å². The summed E-state index contributed by atoms with van der Waals surface area (Å²) in [4.78, 5) is 0. The lowest BCUT2D eigenvalue weighted by atomic mass is 10.1. The van der Waals surface area contributed by atoms with Crippen molar-refractivity contribution in [2.24, 2.45) is 0 Å². The van der Waals surface area contributed by atoms with E-state index < -0.39 is 0 Å². The van der Waals surface area contributed by atoms with Crippen molar-refractivity contribution < 1.29 is 14.3 Å². The molecule has 0 aromatic carbocycles. The highest BCUT2D eigenvalue weighted by Crippen LogP contribution is 2.20. The molecule has 16 heavy (non-hydrogen) atoms. The van der Waals surface area contributed by atoms with Gasteiger partial charge in [-0.05, 0) is 26.8 Å². The second kappa shape index (κ2) is 6.68. The number of furan rings is 1. The number of rotatable bonds is 7. The zero-order valence-electron chi connectivity index (χ0n) is 10.2. The van der Waals surface area contributed by atoms with Crippen LogP contribution in [0.4, 0.5) is 0 Å². The standard InChI is InChI=1S/C12H21NO3/c1-9-8-12(11(3)16-9)10(2)13-4-6-15-7-5-14/h8,10,13-14H,4-7H2,1-3H3. The normalized spacial score (nSPS) is 13.0. The molecule has 1 aromatic heterocycles. The monoisotopic (exact) mass is 227 g/mol. The van der Waals surface area contributed by atoms with Gasteiger partial charge in [0, 0.05) is 18.2 Å². The van der Waals surface area contributed by atoms with Crippen LogP contribution in [0.1, 0.15) is 30.0 Å². The highest BCUT2D eigenvalue weighted by Gasteiger charge is 2.11. The SMILES string of the molecule is Cc1cc(C(C)NCCOCCO)c(C)o1. The summed E-state index contributed by atoms with van der Waals surface area (Å²) in [6.07, 6.45) is 0. The second-order valence-corrected chi connectivity index (χ2v) is 3.88. The molecule has 0 radical (unpaired) electrons. The summed E-state index contributed by atoms with van der Waals surface area (Å²) in [6, 6.07) is 2.32. The van der Waals surface area contributed by atoms with E-state index >= 15 is 0 Å². The van der Waals surface area contributed by atoms with Gasteiger partial charge in [-0.25, -0.2) is 0 Å². The summed E-state index contributed by atoms with van der Waals surface area (Å²) in [5.74, 6) is 1.91. The Morgan fingerprint density at radius 3 is 2.75 bits per heavy atom. The fourth-order valence-corrected chi connectivity index (χ4v) is 1.70. The summed E-state index contributed by atoms with van der Waals surface area (Å²) in [5, 5.41) is 11.9. The van der Waals surface area contributed by atoms with E-state index in [1.807, 2.05) is 13.8 Å². The first-order chi connectivity index (χ1) is 7.65. The summed E-state index contributed by atoms with van der Waals surface area (Å²) in [7, 11) is 0. The van der Waals surface area contributed by atoms with Gasteiger partial charge in [-0.15, -0.1) is 0 Å². The zero-order valence-corrected chi connectivity index (χ0v) is 10.2. The third-order valence-corrected chi connectivity index (χ3v) is 2.48. The predicted octanol–water partition coefficient (Wildman–Crippen LogP) is 1.56. The van der Waals surface area contributed by atoms with Gasteiger partial charge in [0.05, 0.1) is 19.8 Å². The van der Waals surface area contributed by atoms with Crippen LogP contribution in [-0.2, 0) is 4.74 Å². The molecule has 1 aromatic rings. The topological polar surface area (TPSA) is 54.6 Å². The Morgan fingerprint density at radius 1 is 1.44 bits per heavy atom. The zero-order chi connectivity index (χ0) is 12.0. The van der Waals surface area contributed by atoms with Crippen molar-refractivity contribution in [3.05, 3.63) is 23.2 Å². The Morgan fingerprint density at radius 2 is 2.19 bits per heavy atom. The fraction of sp³-hybridized carbons (Fsp3) is 0.667. The van der Waals surface area contributed by atoms with Crippen molar-refractivity contribution in [1.82, 2.24) is 5.32 Å². The molecule has 0 saturated carbocycles. The molecule has 1 unspecified atom stereocenters. The van der Waals surface area contributed by atoms with Crippen LogP contribution in [0.2, 0.25) is 0 Å². The molecule has 0 amide bonds. The average molecular weight is 227 g/mol. The smallest absolute Gasteiger partial charge is 0.105 e. The quantitative estimate of drug-likeness (QED) is 0.694. The van der Waals surface area contributed by atoms with E-state index in [1.165, 1.54) is 5.56 Å². The van der Waals surface area contributed by atoms with Crippen LogP contribution in [0.15, 0.2) is 10.5 Å². The minimum atomic E-state index is 0.0790. The van der Waals surface area contributed by atoms with E-state index in [9.17, 15) is 0 Å². The van der Waals surface area contributed by atoms with Crippen LogP contribution < -0.4 is 5.32 Å². The van der Waals surface area contributed by atoms with Crippen molar-refractivity contribution in [3.8, 4) is 0 Å². The molecule has 1 rings (SSSR count). The lowest BCUT2D eigenvalue weighted by Crippen LogP contribution is -2.23.